The minimum atomic E-state index is -3.21. The number of rotatable bonds is 4. The van der Waals surface area contributed by atoms with Crippen LogP contribution in [0.1, 0.15) is 13.8 Å². The Kier molecular flexibility index (Phi) is 3.35. The summed E-state index contributed by atoms with van der Waals surface area (Å²) in [5.41, 5.74) is -1.02. The van der Waals surface area contributed by atoms with Gasteiger partial charge in [0, 0.05) is 0 Å². The molecule has 0 bridgehead atoms. The van der Waals surface area contributed by atoms with Crippen LogP contribution in [0.5, 0.6) is 0 Å². The third-order valence-corrected chi connectivity index (χ3v) is 3.08. The summed E-state index contributed by atoms with van der Waals surface area (Å²) in [5, 5.41) is 0. The molecule has 0 amide bonds. The van der Waals surface area contributed by atoms with Crippen LogP contribution in [0, 0.1) is 0 Å². The standard InChI is InChI=1S/C5H10O4S/c1-3-10(7,8)5(2)9-4-6/h4-5H,3H2,1-2H3. The Morgan fingerprint density at radius 1 is 1.60 bits per heavy atom. The molecule has 0 heterocycles. The molecule has 0 N–H and O–H groups in total. The quantitative estimate of drug-likeness (QED) is 0.549. The predicted molar refractivity (Wildman–Crippen MR) is 36.1 cm³/mol. The first kappa shape index (κ1) is 9.42. The van der Waals surface area contributed by atoms with Crippen LogP contribution in [0.2, 0.25) is 0 Å². The average molecular weight is 166 g/mol. The molecular weight excluding hydrogens is 156 g/mol. The van der Waals surface area contributed by atoms with E-state index >= 15 is 0 Å². The van der Waals surface area contributed by atoms with E-state index in [4.69, 9.17) is 0 Å². The minimum absolute atomic E-state index is 0.0119. The molecule has 0 aromatic heterocycles. The lowest BCUT2D eigenvalue weighted by Crippen LogP contribution is -2.22. The van der Waals surface area contributed by atoms with Gasteiger partial charge in [-0.3, -0.25) is 4.79 Å². The van der Waals surface area contributed by atoms with Crippen molar-refractivity contribution in [3.05, 3.63) is 0 Å². The maximum Gasteiger partial charge on any atom is 0.294 e. The van der Waals surface area contributed by atoms with E-state index in [9.17, 15) is 13.2 Å². The summed E-state index contributed by atoms with van der Waals surface area (Å²) in [6, 6.07) is 0. The summed E-state index contributed by atoms with van der Waals surface area (Å²) in [6.07, 6.45) is 0. The molecule has 0 aliphatic rings. The fourth-order valence-electron chi connectivity index (χ4n) is 0.398. The largest absolute Gasteiger partial charge is 0.448 e. The van der Waals surface area contributed by atoms with Gasteiger partial charge in [-0.15, -0.1) is 0 Å². The fourth-order valence-corrected chi connectivity index (χ4v) is 1.08. The summed E-state index contributed by atoms with van der Waals surface area (Å²) in [5.74, 6) is -0.0119. The number of carbonyl (C=O) groups excluding carboxylic acids is 1. The number of hydrogen-bond donors (Lipinski definition) is 0. The highest BCUT2D eigenvalue weighted by molar-refractivity contribution is 7.91. The van der Waals surface area contributed by atoms with Crippen molar-refractivity contribution in [3.63, 3.8) is 0 Å². The van der Waals surface area contributed by atoms with Gasteiger partial charge in [0.2, 0.25) is 0 Å². The SMILES string of the molecule is CCS(=O)(=O)C(C)OC=O. The van der Waals surface area contributed by atoms with Crippen molar-refractivity contribution in [1.82, 2.24) is 0 Å². The van der Waals surface area contributed by atoms with Crippen LogP contribution in [0.3, 0.4) is 0 Å². The molecular formula is C5H10O4S. The third-order valence-electron chi connectivity index (χ3n) is 1.16. The van der Waals surface area contributed by atoms with E-state index < -0.39 is 15.3 Å². The fraction of sp³-hybridized carbons (Fsp3) is 0.800. The van der Waals surface area contributed by atoms with E-state index in [1.165, 1.54) is 13.8 Å². The first-order valence-electron chi connectivity index (χ1n) is 2.85. The molecule has 1 atom stereocenters. The van der Waals surface area contributed by atoms with Crippen LogP contribution in [-0.2, 0) is 19.4 Å². The topological polar surface area (TPSA) is 60.4 Å². The lowest BCUT2D eigenvalue weighted by atomic mass is 10.9. The van der Waals surface area contributed by atoms with Crippen molar-refractivity contribution in [3.8, 4) is 0 Å². The van der Waals surface area contributed by atoms with E-state index in [0.29, 0.717) is 0 Å². The van der Waals surface area contributed by atoms with Gasteiger partial charge in [0.05, 0.1) is 5.75 Å². The smallest absolute Gasteiger partial charge is 0.294 e. The Hall–Kier alpha value is -0.580. The van der Waals surface area contributed by atoms with E-state index in [2.05, 4.69) is 4.74 Å². The number of ether oxygens (including phenoxy) is 1. The highest BCUT2D eigenvalue weighted by Gasteiger charge is 2.18. The molecule has 0 aromatic carbocycles. The van der Waals surface area contributed by atoms with Gasteiger partial charge in [0.25, 0.3) is 6.47 Å². The minimum Gasteiger partial charge on any atom is -0.448 e. The Bertz CT molecular complexity index is 194. The molecule has 0 saturated heterocycles. The average Bonchev–Trinajstić information content (AvgIpc) is 1.89. The van der Waals surface area contributed by atoms with Crippen LogP contribution in [0.15, 0.2) is 0 Å². The second-order valence-electron chi connectivity index (χ2n) is 1.75. The van der Waals surface area contributed by atoms with Gasteiger partial charge in [-0.2, -0.15) is 0 Å². The summed E-state index contributed by atoms with van der Waals surface area (Å²) in [6.45, 7) is 2.96. The van der Waals surface area contributed by atoms with Gasteiger partial charge in [-0.1, -0.05) is 6.92 Å². The van der Waals surface area contributed by atoms with Gasteiger partial charge in [0.1, 0.15) is 0 Å². The molecule has 0 aliphatic carbocycles. The van der Waals surface area contributed by atoms with Gasteiger partial charge in [-0.25, -0.2) is 8.42 Å². The lowest BCUT2D eigenvalue weighted by Gasteiger charge is -2.07. The van der Waals surface area contributed by atoms with E-state index in [-0.39, 0.29) is 12.2 Å². The van der Waals surface area contributed by atoms with Crippen molar-refractivity contribution in [2.45, 2.75) is 19.3 Å². The summed E-state index contributed by atoms with van der Waals surface area (Å²) in [4.78, 5) is 9.69. The molecule has 0 aliphatic heterocycles. The number of carbonyl (C=O) groups is 1. The molecule has 1 unspecified atom stereocenters. The van der Waals surface area contributed by atoms with Gasteiger partial charge in [-0.05, 0) is 6.92 Å². The summed E-state index contributed by atoms with van der Waals surface area (Å²) in [7, 11) is -3.21. The molecule has 0 fully saturated rings. The maximum atomic E-state index is 10.8. The lowest BCUT2D eigenvalue weighted by molar-refractivity contribution is -0.129. The second-order valence-corrected chi connectivity index (χ2v) is 4.32. The predicted octanol–water partition coefficient (Wildman–Crippen LogP) is -0.0599. The molecule has 0 saturated carbocycles. The molecule has 10 heavy (non-hydrogen) atoms. The van der Waals surface area contributed by atoms with E-state index in [1.807, 2.05) is 0 Å². The van der Waals surface area contributed by atoms with E-state index in [0.717, 1.165) is 0 Å². The highest BCUT2D eigenvalue weighted by Crippen LogP contribution is 2.00. The molecule has 0 aromatic rings. The Morgan fingerprint density at radius 2 is 2.10 bits per heavy atom. The Morgan fingerprint density at radius 3 is 2.40 bits per heavy atom. The van der Waals surface area contributed by atoms with Crippen LogP contribution < -0.4 is 0 Å². The second kappa shape index (κ2) is 3.55. The zero-order chi connectivity index (χ0) is 8.20. The Labute approximate surface area is 60.1 Å². The zero-order valence-corrected chi connectivity index (χ0v) is 6.72. The van der Waals surface area contributed by atoms with Gasteiger partial charge in [0.15, 0.2) is 15.3 Å². The summed E-state index contributed by atoms with van der Waals surface area (Å²) >= 11 is 0. The van der Waals surface area contributed by atoms with Crippen molar-refractivity contribution in [2.75, 3.05) is 5.75 Å². The third kappa shape index (κ3) is 2.34. The first-order chi connectivity index (χ1) is 4.54. The monoisotopic (exact) mass is 166 g/mol. The van der Waals surface area contributed by atoms with Crippen LogP contribution in [0.4, 0.5) is 0 Å². The number of hydrogen-bond acceptors (Lipinski definition) is 4. The number of sulfone groups is 1. The van der Waals surface area contributed by atoms with E-state index in [1.54, 1.807) is 0 Å². The highest BCUT2D eigenvalue weighted by atomic mass is 32.2. The van der Waals surface area contributed by atoms with Crippen LogP contribution >= 0.6 is 0 Å². The normalized spacial score (nSPS) is 14.2. The van der Waals surface area contributed by atoms with Crippen LogP contribution in [-0.4, -0.2) is 26.1 Å². The van der Waals surface area contributed by atoms with Crippen molar-refractivity contribution < 1.29 is 17.9 Å². The van der Waals surface area contributed by atoms with Crippen molar-refractivity contribution >= 4 is 16.3 Å². The molecule has 5 heteroatoms. The molecule has 0 radical (unpaired) electrons. The van der Waals surface area contributed by atoms with Gasteiger partial charge < -0.3 is 4.74 Å². The Balaban J connectivity index is 4.19. The molecule has 0 rings (SSSR count). The van der Waals surface area contributed by atoms with Crippen molar-refractivity contribution in [2.24, 2.45) is 0 Å². The molecule has 4 nitrogen and oxygen atoms in total. The van der Waals surface area contributed by atoms with Gasteiger partial charge >= 0.3 is 0 Å². The van der Waals surface area contributed by atoms with Crippen LogP contribution in [0.25, 0.3) is 0 Å². The van der Waals surface area contributed by atoms with Crippen molar-refractivity contribution in [1.29, 1.82) is 0 Å². The first-order valence-corrected chi connectivity index (χ1v) is 4.56. The zero-order valence-electron chi connectivity index (χ0n) is 5.90. The molecule has 60 valence electrons. The maximum absolute atomic E-state index is 10.8. The summed E-state index contributed by atoms with van der Waals surface area (Å²) < 4.78 is 25.8. The molecule has 0 spiro atoms.